The van der Waals surface area contributed by atoms with E-state index in [2.05, 4.69) is 10.5 Å². The molecule has 0 fully saturated rings. The van der Waals surface area contributed by atoms with Gasteiger partial charge in [0.25, 0.3) is 11.6 Å². The second kappa shape index (κ2) is 10.5. The van der Waals surface area contributed by atoms with Gasteiger partial charge in [0.05, 0.1) is 35.4 Å². The van der Waals surface area contributed by atoms with Crippen molar-refractivity contribution in [3.8, 4) is 11.5 Å². The molecule has 1 amide bonds. The molecule has 0 bridgehead atoms. The molecular formula is C23H18F3N3O5. The lowest BCUT2D eigenvalue weighted by Gasteiger charge is -2.12. The summed E-state index contributed by atoms with van der Waals surface area (Å²) in [5.74, 6) is -0.602. The van der Waals surface area contributed by atoms with Gasteiger partial charge in [0.15, 0.2) is 11.5 Å². The number of benzene rings is 3. The summed E-state index contributed by atoms with van der Waals surface area (Å²) in [5.41, 5.74) is 1.25. The first-order valence-corrected chi connectivity index (χ1v) is 9.73. The minimum atomic E-state index is -4.61. The first kappa shape index (κ1) is 24.2. The van der Waals surface area contributed by atoms with Gasteiger partial charge in [0, 0.05) is 5.56 Å². The monoisotopic (exact) mass is 473 g/mol. The number of ether oxygens (including phenoxy) is 2. The first-order valence-electron chi connectivity index (χ1n) is 9.73. The van der Waals surface area contributed by atoms with Gasteiger partial charge in [-0.3, -0.25) is 14.9 Å². The maximum Gasteiger partial charge on any atom is 0.416 e. The van der Waals surface area contributed by atoms with E-state index in [1.807, 2.05) is 30.3 Å². The highest BCUT2D eigenvalue weighted by molar-refractivity contribution is 5.95. The van der Waals surface area contributed by atoms with Crippen molar-refractivity contribution < 1.29 is 32.4 Å². The Morgan fingerprint density at radius 2 is 1.82 bits per heavy atom. The van der Waals surface area contributed by atoms with Crippen molar-refractivity contribution in [2.45, 2.75) is 12.8 Å². The van der Waals surface area contributed by atoms with Crippen LogP contribution in [0, 0.1) is 10.1 Å². The van der Waals surface area contributed by atoms with E-state index in [0.717, 1.165) is 30.0 Å². The minimum absolute atomic E-state index is 0.0155. The van der Waals surface area contributed by atoms with Crippen LogP contribution in [0.5, 0.6) is 11.5 Å². The number of nitrogens with zero attached hydrogens (tertiary/aromatic N) is 2. The first-order chi connectivity index (χ1) is 16.2. The number of nitro groups is 1. The molecule has 34 heavy (non-hydrogen) atoms. The van der Waals surface area contributed by atoms with E-state index in [9.17, 15) is 28.1 Å². The Bertz CT molecular complexity index is 1210. The summed E-state index contributed by atoms with van der Waals surface area (Å²) >= 11 is 0. The molecule has 1 N–H and O–H groups in total. The number of carbonyl (C=O) groups excluding carboxylic acids is 1. The van der Waals surface area contributed by atoms with E-state index in [1.165, 1.54) is 19.2 Å². The van der Waals surface area contributed by atoms with Gasteiger partial charge in [-0.15, -0.1) is 0 Å². The number of methoxy groups -OCH3 is 1. The van der Waals surface area contributed by atoms with Crippen molar-refractivity contribution in [2.24, 2.45) is 5.10 Å². The summed E-state index contributed by atoms with van der Waals surface area (Å²) in [4.78, 5) is 23.0. The van der Waals surface area contributed by atoms with Crippen LogP contribution in [0.15, 0.2) is 71.8 Å². The van der Waals surface area contributed by atoms with Gasteiger partial charge in [-0.25, -0.2) is 5.43 Å². The molecule has 3 aromatic rings. The molecule has 3 aromatic carbocycles. The molecule has 0 unspecified atom stereocenters. The van der Waals surface area contributed by atoms with Gasteiger partial charge < -0.3 is 9.47 Å². The van der Waals surface area contributed by atoms with Gasteiger partial charge >= 0.3 is 6.18 Å². The SMILES string of the molecule is COc1cc(/C=N\NC(=O)c2cccc(C(F)(F)F)c2)c([N+](=O)[O-])cc1OCc1ccccc1. The van der Waals surface area contributed by atoms with E-state index in [-0.39, 0.29) is 34.9 Å². The van der Waals surface area contributed by atoms with Gasteiger partial charge in [-0.1, -0.05) is 36.4 Å². The maximum absolute atomic E-state index is 12.8. The van der Waals surface area contributed by atoms with E-state index < -0.39 is 22.6 Å². The molecule has 0 heterocycles. The summed E-state index contributed by atoms with van der Waals surface area (Å²) in [6.07, 6.45) is -3.62. The Balaban J connectivity index is 1.79. The van der Waals surface area contributed by atoms with Crippen molar-refractivity contribution in [3.05, 3.63) is 99.1 Å². The number of hydrazone groups is 1. The number of rotatable bonds is 8. The Hall–Kier alpha value is -4.41. The van der Waals surface area contributed by atoms with Crippen molar-refractivity contribution in [1.29, 1.82) is 0 Å². The minimum Gasteiger partial charge on any atom is -0.493 e. The predicted molar refractivity (Wildman–Crippen MR) is 117 cm³/mol. The molecule has 0 aliphatic rings. The third kappa shape index (κ3) is 6.09. The summed E-state index contributed by atoms with van der Waals surface area (Å²) in [7, 11) is 1.35. The van der Waals surface area contributed by atoms with E-state index >= 15 is 0 Å². The van der Waals surface area contributed by atoms with E-state index in [0.29, 0.717) is 6.07 Å². The molecule has 3 rings (SSSR count). The van der Waals surface area contributed by atoms with Crippen LogP contribution in [0.25, 0.3) is 0 Å². The molecule has 0 saturated heterocycles. The largest absolute Gasteiger partial charge is 0.493 e. The highest BCUT2D eigenvalue weighted by Gasteiger charge is 2.30. The van der Waals surface area contributed by atoms with Crippen molar-refractivity contribution in [1.82, 2.24) is 5.43 Å². The second-order valence-electron chi connectivity index (χ2n) is 6.87. The normalized spacial score (nSPS) is 11.3. The van der Waals surface area contributed by atoms with Crippen molar-refractivity contribution >= 4 is 17.8 Å². The molecule has 0 spiro atoms. The van der Waals surface area contributed by atoms with Gasteiger partial charge in [-0.2, -0.15) is 18.3 Å². The molecule has 0 aliphatic heterocycles. The summed E-state index contributed by atoms with van der Waals surface area (Å²) in [6, 6.07) is 15.4. The highest BCUT2D eigenvalue weighted by atomic mass is 19.4. The van der Waals surface area contributed by atoms with E-state index in [4.69, 9.17) is 9.47 Å². The van der Waals surface area contributed by atoms with Gasteiger partial charge in [-0.05, 0) is 29.8 Å². The average molecular weight is 473 g/mol. The Labute approximate surface area is 191 Å². The van der Waals surface area contributed by atoms with Crippen LogP contribution in [-0.4, -0.2) is 24.2 Å². The van der Waals surface area contributed by atoms with Gasteiger partial charge in [0.1, 0.15) is 6.61 Å². The Morgan fingerprint density at radius 1 is 1.09 bits per heavy atom. The van der Waals surface area contributed by atoms with E-state index in [1.54, 1.807) is 0 Å². The zero-order chi connectivity index (χ0) is 24.7. The molecule has 0 aromatic heterocycles. The third-order valence-corrected chi connectivity index (χ3v) is 4.57. The summed E-state index contributed by atoms with van der Waals surface area (Å²) in [6.45, 7) is 0.148. The molecule has 0 atom stereocenters. The number of nitrogens with one attached hydrogen (secondary N) is 1. The zero-order valence-electron chi connectivity index (χ0n) is 17.7. The third-order valence-electron chi connectivity index (χ3n) is 4.57. The maximum atomic E-state index is 12.8. The molecule has 176 valence electrons. The standard InChI is InChI=1S/C23H18F3N3O5/c1-33-20-11-17(13-27-28-22(30)16-8-5-9-18(10-16)23(24,25)26)19(29(31)32)12-21(20)34-14-15-6-3-2-4-7-15/h2-13H,14H2,1H3,(H,28,30)/b27-13-. The fourth-order valence-corrected chi connectivity index (χ4v) is 2.90. The number of carbonyl (C=O) groups is 1. The number of alkyl halides is 3. The molecule has 11 heteroatoms. The van der Waals surface area contributed by atoms with Crippen LogP contribution in [0.3, 0.4) is 0 Å². The number of halogens is 3. The molecule has 0 saturated carbocycles. The molecule has 0 radical (unpaired) electrons. The topological polar surface area (TPSA) is 103 Å². The number of hydrogen-bond acceptors (Lipinski definition) is 6. The fourth-order valence-electron chi connectivity index (χ4n) is 2.90. The van der Waals surface area contributed by atoms with Crippen LogP contribution in [0.2, 0.25) is 0 Å². The predicted octanol–water partition coefficient (Wildman–Crippen LogP) is 4.97. The lowest BCUT2D eigenvalue weighted by molar-refractivity contribution is -0.385. The number of hydrogen-bond donors (Lipinski definition) is 1. The number of amides is 1. The second-order valence-corrected chi connectivity index (χ2v) is 6.87. The average Bonchev–Trinajstić information content (AvgIpc) is 2.82. The lowest BCUT2D eigenvalue weighted by atomic mass is 10.1. The van der Waals surface area contributed by atoms with Gasteiger partial charge in [0.2, 0.25) is 0 Å². The fraction of sp³-hybridized carbons (Fsp3) is 0.130. The van der Waals surface area contributed by atoms with Crippen LogP contribution < -0.4 is 14.9 Å². The van der Waals surface area contributed by atoms with Crippen molar-refractivity contribution in [3.63, 3.8) is 0 Å². The Morgan fingerprint density at radius 3 is 2.47 bits per heavy atom. The molecular weight excluding hydrogens is 455 g/mol. The summed E-state index contributed by atoms with van der Waals surface area (Å²) < 4.78 is 49.4. The van der Waals surface area contributed by atoms with Crippen molar-refractivity contribution in [2.75, 3.05) is 7.11 Å². The lowest BCUT2D eigenvalue weighted by Crippen LogP contribution is -2.18. The Kier molecular flexibility index (Phi) is 7.46. The highest BCUT2D eigenvalue weighted by Crippen LogP contribution is 2.34. The molecule has 0 aliphatic carbocycles. The van der Waals surface area contributed by atoms with Crippen LogP contribution in [0.1, 0.15) is 27.0 Å². The van der Waals surface area contributed by atoms with Crippen LogP contribution in [0.4, 0.5) is 18.9 Å². The smallest absolute Gasteiger partial charge is 0.416 e. The number of nitro benzene ring substituents is 1. The quantitative estimate of drug-likeness (QED) is 0.283. The molecule has 8 nitrogen and oxygen atoms in total. The zero-order valence-corrected chi connectivity index (χ0v) is 17.7. The summed E-state index contributed by atoms with van der Waals surface area (Å²) in [5, 5.41) is 15.2. The van der Waals surface area contributed by atoms with Crippen LogP contribution in [-0.2, 0) is 12.8 Å². The van der Waals surface area contributed by atoms with Crippen LogP contribution >= 0.6 is 0 Å².